The molecule has 2 amide bonds. The largest absolute Gasteiger partial charge is 0.494 e. The molecular formula is C29H30F3N3O3. The van der Waals surface area contributed by atoms with E-state index < -0.39 is 23.6 Å². The van der Waals surface area contributed by atoms with E-state index in [9.17, 15) is 22.8 Å². The van der Waals surface area contributed by atoms with Crippen molar-refractivity contribution in [3.8, 4) is 5.75 Å². The van der Waals surface area contributed by atoms with Gasteiger partial charge in [-0.2, -0.15) is 13.2 Å². The summed E-state index contributed by atoms with van der Waals surface area (Å²) in [7, 11) is 3.78. The molecule has 0 aromatic heterocycles. The molecule has 0 saturated heterocycles. The number of ether oxygens (including phenoxy) is 1. The zero-order valence-electron chi connectivity index (χ0n) is 21.4. The fraction of sp³-hybridized carbons (Fsp3) is 0.241. The first-order valence-corrected chi connectivity index (χ1v) is 12.1. The van der Waals surface area contributed by atoms with Crippen LogP contribution in [0, 0.1) is 0 Å². The van der Waals surface area contributed by atoms with Crippen molar-refractivity contribution in [2.75, 3.05) is 30.9 Å². The molecule has 200 valence electrons. The van der Waals surface area contributed by atoms with Crippen LogP contribution < -0.4 is 20.3 Å². The number of benzene rings is 3. The maximum absolute atomic E-state index is 13.1. The Balaban J connectivity index is 1.85. The van der Waals surface area contributed by atoms with Crippen molar-refractivity contribution in [2.24, 2.45) is 0 Å². The fourth-order valence-electron chi connectivity index (χ4n) is 3.40. The third kappa shape index (κ3) is 8.12. The van der Waals surface area contributed by atoms with Crippen molar-refractivity contribution < 1.29 is 27.5 Å². The van der Waals surface area contributed by atoms with E-state index in [1.165, 1.54) is 18.2 Å². The predicted octanol–water partition coefficient (Wildman–Crippen LogP) is 6.36. The summed E-state index contributed by atoms with van der Waals surface area (Å²) in [4.78, 5) is 28.0. The Hall–Kier alpha value is -4.27. The lowest BCUT2D eigenvalue weighted by Crippen LogP contribution is -2.30. The Kier molecular flexibility index (Phi) is 9.54. The highest BCUT2D eigenvalue weighted by molar-refractivity contribution is 6.10. The van der Waals surface area contributed by atoms with Gasteiger partial charge in [-0.3, -0.25) is 9.59 Å². The Morgan fingerprint density at radius 3 is 2.26 bits per heavy atom. The van der Waals surface area contributed by atoms with Gasteiger partial charge >= 0.3 is 6.18 Å². The minimum Gasteiger partial charge on any atom is -0.494 e. The van der Waals surface area contributed by atoms with Crippen LogP contribution in [0.1, 0.15) is 41.3 Å². The summed E-state index contributed by atoms with van der Waals surface area (Å²) in [6.07, 6.45) is -1.19. The highest BCUT2D eigenvalue weighted by Gasteiger charge is 2.30. The number of anilines is 2. The molecule has 3 rings (SSSR count). The molecule has 0 aliphatic heterocycles. The van der Waals surface area contributed by atoms with Crippen molar-refractivity contribution in [1.82, 2.24) is 5.32 Å². The van der Waals surface area contributed by atoms with Gasteiger partial charge in [0.05, 0.1) is 12.2 Å². The maximum atomic E-state index is 13.1. The van der Waals surface area contributed by atoms with Crippen LogP contribution in [0.3, 0.4) is 0 Å². The van der Waals surface area contributed by atoms with Gasteiger partial charge in [0.15, 0.2) is 0 Å². The van der Waals surface area contributed by atoms with E-state index in [4.69, 9.17) is 4.74 Å². The minimum atomic E-state index is -4.56. The van der Waals surface area contributed by atoms with E-state index >= 15 is 0 Å². The van der Waals surface area contributed by atoms with E-state index in [1.807, 2.05) is 31.1 Å². The van der Waals surface area contributed by atoms with Crippen molar-refractivity contribution in [1.29, 1.82) is 0 Å². The second kappa shape index (κ2) is 12.8. The lowest BCUT2D eigenvalue weighted by atomic mass is 10.1. The Labute approximate surface area is 220 Å². The first kappa shape index (κ1) is 28.3. The molecular weight excluding hydrogens is 495 g/mol. The third-order valence-corrected chi connectivity index (χ3v) is 5.54. The van der Waals surface area contributed by atoms with Crippen molar-refractivity contribution in [3.63, 3.8) is 0 Å². The normalized spacial score (nSPS) is 11.6. The predicted molar refractivity (Wildman–Crippen MR) is 143 cm³/mol. The summed E-state index contributed by atoms with van der Waals surface area (Å²) < 4.78 is 45.0. The molecule has 0 aliphatic carbocycles. The number of nitrogens with one attached hydrogen (secondary N) is 2. The molecule has 0 radical (unpaired) electrons. The minimum absolute atomic E-state index is 0.0542. The van der Waals surface area contributed by atoms with Crippen molar-refractivity contribution >= 4 is 29.3 Å². The molecule has 0 spiro atoms. The molecule has 0 heterocycles. The van der Waals surface area contributed by atoms with Gasteiger partial charge in [0, 0.05) is 31.0 Å². The standard InChI is InChI=1S/C29H30F3N3O3/c1-4-5-17-38-25-15-11-21(12-16-25)27(36)34-26(18-20-9-13-24(14-10-20)35(2)3)28(37)33-23-8-6-7-22(19-23)29(30,31)32/h6-16,18-19H,4-5,17H2,1-3H3,(H,33,37)(H,34,36)/b26-18-. The van der Waals surface area contributed by atoms with Gasteiger partial charge in [0.2, 0.25) is 0 Å². The van der Waals surface area contributed by atoms with Gasteiger partial charge in [-0.25, -0.2) is 0 Å². The maximum Gasteiger partial charge on any atom is 0.416 e. The topological polar surface area (TPSA) is 70.7 Å². The van der Waals surface area contributed by atoms with Gasteiger partial charge in [-0.05, 0) is 72.7 Å². The second-order valence-corrected chi connectivity index (χ2v) is 8.76. The smallest absolute Gasteiger partial charge is 0.416 e. The van der Waals surface area contributed by atoms with E-state index in [0.717, 1.165) is 30.7 Å². The fourth-order valence-corrected chi connectivity index (χ4v) is 3.40. The molecule has 2 N–H and O–H groups in total. The second-order valence-electron chi connectivity index (χ2n) is 8.76. The number of hydrogen-bond donors (Lipinski definition) is 2. The van der Waals surface area contributed by atoms with E-state index in [-0.39, 0.29) is 16.9 Å². The van der Waals surface area contributed by atoms with Crippen LogP contribution in [0.15, 0.2) is 78.5 Å². The van der Waals surface area contributed by atoms with Gasteiger partial charge < -0.3 is 20.3 Å². The lowest BCUT2D eigenvalue weighted by Gasteiger charge is -2.14. The third-order valence-electron chi connectivity index (χ3n) is 5.54. The van der Waals surface area contributed by atoms with Gasteiger partial charge in [0.25, 0.3) is 11.8 Å². The van der Waals surface area contributed by atoms with E-state index in [1.54, 1.807) is 36.4 Å². The molecule has 0 atom stereocenters. The van der Waals surface area contributed by atoms with Crippen LogP contribution in [-0.4, -0.2) is 32.5 Å². The lowest BCUT2D eigenvalue weighted by molar-refractivity contribution is -0.137. The molecule has 0 aliphatic rings. The molecule has 3 aromatic rings. The molecule has 38 heavy (non-hydrogen) atoms. The average molecular weight is 526 g/mol. The summed E-state index contributed by atoms with van der Waals surface area (Å²) in [6, 6.07) is 18.0. The highest BCUT2D eigenvalue weighted by Crippen LogP contribution is 2.30. The van der Waals surface area contributed by atoms with Crippen LogP contribution in [0.2, 0.25) is 0 Å². The van der Waals surface area contributed by atoms with Gasteiger partial charge in [-0.15, -0.1) is 0 Å². The van der Waals surface area contributed by atoms with Crippen molar-refractivity contribution in [3.05, 3.63) is 95.2 Å². The molecule has 0 bridgehead atoms. The number of alkyl halides is 3. The molecule has 6 nitrogen and oxygen atoms in total. The Morgan fingerprint density at radius 1 is 0.974 bits per heavy atom. The number of amides is 2. The number of unbranched alkanes of at least 4 members (excludes halogenated alkanes) is 1. The summed E-state index contributed by atoms with van der Waals surface area (Å²) in [5, 5.41) is 5.04. The summed E-state index contributed by atoms with van der Waals surface area (Å²) in [5.74, 6) is -0.705. The van der Waals surface area contributed by atoms with Crippen molar-refractivity contribution in [2.45, 2.75) is 25.9 Å². The summed E-state index contributed by atoms with van der Waals surface area (Å²) in [6.45, 7) is 2.62. The number of halogens is 3. The molecule has 0 unspecified atom stereocenters. The van der Waals surface area contributed by atoms with Crippen LogP contribution in [-0.2, 0) is 11.0 Å². The van der Waals surface area contributed by atoms with E-state index in [2.05, 4.69) is 17.6 Å². The zero-order chi connectivity index (χ0) is 27.7. The Bertz CT molecular complexity index is 1270. The molecule has 9 heteroatoms. The highest BCUT2D eigenvalue weighted by atomic mass is 19.4. The summed E-state index contributed by atoms with van der Waals surface area (Å²) >= 11 is 0. The SMILES string of the molecule is CCCCOc1ccc(C(=O)N/C(=C\c2ccc(N(C)C)cc2)C(=O)Nc2cccc(C(F)(F)F)c2)cc1. The zero-order valence-corrected chi connectivity index (χ0v) is 21.4. The van der Waals surface area contributed by atoms with Gasteiger partial charge in [0.1, 0.15) is 11.4 Å². The number of nitrogens with zero attached hydrogens (tertiary/aromatic N) is 1. The average Bonchev–Trinajstić information content (AvgIpc) is 2.88. The number of rotatable bonds is 10. The Morgan fingerprint density at radius 2 is 1.66 bits per heavy atom. The van der Waals surface area contributed by atoms with Crippen LogP contribution in [0.25, 0.3) is 6.08 Å². The van der Waals surface area contributed by atoms with Crippen LogP contribution >= 0.6 is 0 Å². The monoisotopic (exact) mass is 525 g/mol. The quantitative estimate of drug-likeness (QED) is 0.239. The number of hydrogen-bond acceptors (Lipinski definition) is 4. The number of carbonyl (C=O) groups excluding carboxylic acids is 2. The van der Waals surface area contributed by atoms with Crippen LogP contribution in [0.5, 0.6) is 5.75 Å². The number of carbonyl (C=O) groups is 2. The van der Waals surface area contributed by atoms with E-state index in [0.29, 0.717) is 17.9 Å². The first-order valence-electron chi connectivity index (χ1n) is 12.1. The molecule has 0 saturated carbocycles. The summed E-state index contributed by atoms with van der Waals surface area (Å²) in [5.41, 5.74) is 0.751. The van der Waals surface area contributed by atoms with Crippen LogP contribution in [0.4, 0.5) is 24.5 Å². The first-order chi connectivity index (χ1) is 18.1. The van der Waals surface area contributed by atoms with Gasteiger partial charge in [-0.1, -0.05) is 31.5 Å². The molecule has 3 aromatic carbocycles. The molecule has 0 fully saturated rings.